The van der Waals surface area contributed by atoms with E-state index in [1.54, 1.807) is 6.07 Å². The van der Waals surface area contributed by atoms with Gasteiger partial charge < -0.3 is 15.5 Å². The molecule has 0 amide bonds. The van der Waals surface area contributed by atoms with Crippen LogP contribution in [-0.2, 0) is 0 Å². The Labute approximate surface area is 93.8 Å². The predicted molar refractivity (Wildman–Crippen MR) is 64.3 cm³/mol. The molecule has 0 atom stereocenters. The quantitative estimate of drug-likeness (QED) is 0.759. The number of nitrogen functional groups attached to an aromatic ring is 1. The van der Waals surface area contributed by atoms with E-state index in [9.17, 15) is 0 Å². The molecule has 0 spiro atoms. The summed E-state index contributed by atoms with van der Waals surface area (Å²) in [5.41, 5.74) is 8.14. The second-order valence-corrected chi connectivity index (χ2v) is 4.79. The maximum absolute atomic E-state index is 5.69. The van der Waals surface area contributed by atoms with E-state index in [-0.39, 0.29) is 5.54 Å². The fourth-order valence-electron chi connectivity index (χ4n) is 2.08. The smallest absolute Gasteiger partial charge is 0.296 e. The van der Waals surface area contributed by atoms with Crippen molar-refractivity contribution in [2.75, 3.05) is 11.1 Å². The predicted octanol–water partition coefficient (Wildman–Crippen LogP) is 2.76. The third-order valence-electron chi connectivity index (χ3n) is 3.28. The van der Waals surface area contributed by atoms with E-state index in [4.69, 9.17) is 10.2 Å². The topological polar surface area (TPSA) is 64.1 Å². The normalized spacial score (nSPS) is 18.3. The Kier molecular flexibility index (Phi) is 1.87. The number of nitrogens with zero attached hydrogens (tertiary/aromatic N) is 1. The van der Waals surface area contributed by atoms with Crippen molar-refractivity contribution in [2.24, 2.45) is 0 Å². The highest BCUT2D eigenvalue weighted by atomic mass is 16.4. The largest absolute Gasteiger partial charge is 0.423 e. The Bertz CT molecular complexity index is 528. The first-order valence-corrected chi connectivity index (χ1v) is 5.59. The van der Waals surface area contributed by atoms with Crippen LogP contribution in [0.25, 0.3) is 11.1 Å². The minimum atomic E-state index is 0.159. The highest BCUT2D eigenvalue weighted by Crippen LogP contribution is 2.35. The van der Waals surface area contributed by atoms with Crippen LogP contribution in [-0.4, -0.2) is 10.5 Å². The van der Waals surface area contributed by atoms with Crippen LogP contribution in [0.4, 0.5) is 11.7 Å². The Morgan fingerprint density at radius 2 is 2.25 bits per heavy atom. The molecule has 1 aliphatic rings. The van der Waals surface area contributed by atoms with E-state index in [2.05, 4.69) is 17.2 Å². The first kappa shape index (κ1) is 9.51. The van der Waals surface area contributed by atoms with Gasteiger partial charge in [-0.05, 0) is 38.3 Å². The summed E-state index contributed by atoms with van der Waals surface area (Å²) >= 11 is 0. The van der Waals surface area contributed by atoms with Gasteiger partial charge in [-0.15, -0.1) is 0 Å². The fourth-order valence-corrected chi connectivity index (χ4v) is 2.08. The number of oxazole rings is 1. The molecule has 4 nitrogen and oxygen atoms in total. The van der Waals surface area contributed by atoms with Gasteiger partial charge in [0, 0.05) is 17.3 Å². The number of benzene rings is 1. The summed E-state index contributed by atoms with van der Waals surface area (Å²) < 4.78 is 5.62. The van der Waals surface area contributed by atoms with E-state index in [1.807, 2.05) is 12.1 Å². The molecule has 1 aliphatic carbocycles. The second-order valence-electron chi connectivity index (χ2n) is 4.79. The molecule has 1 heterocycles. The molecule has 4 heteroatoms. The zero-order chi connectivity index (χ0) is 11.2. The molecule has 84 valence electrons. The first-order valence-electron chi connectivity index (χ1n) is 5.59. The van der Waals surface area contributed by atoms with Crippen LogP contribution in [0, 0.1) is 0 Å². The lowest BCUT2D eigenvalue weighted by Gasteiger charge is -2.38. The van der Waals surface area contributed by atoms with Crippen molar-refractivity contribution in [1.82, 2.24) is 4.98 Å². The van der Waals surface area contributed by atoms with Gasteiger partial charge in [0.05, 0.1) is 0 Å². The molecule has 1 aromatic heterocycles. The van der Waals surface area contributed by atoms with Crippen molar-refractivity contribution in [3.63, 3.8) is 0 Å². The van der Waals surface area contributed by atoms with Gasteiger partial charge in [0.2, 0.25) is 0 Å². The maximum atomic E-state index is 5.69. The summed E-state index contributed by atoms with van der Waals surface area (Å²) in [7, 11) is 0. The minimum Gasteiger partial charge on any atom is -0.423 e. The summed E-state index contributed by atoms with van der Waals surface area (Å²) in [5, 5.41) is 3.35. The maximum Gasteiger partial charge on any atom is 0.296 e. The molecular weight excluding hydrogens is 202 g/mol. The summed E-state index contributed by atoms with van der Waals surface area (Å²) in [6, 6.07) is 6.11. The Balaban J connectivity index is 1.93. The van der Waals surface area contributed by atoms with Crippen LogP contribution in [0.2, 0.25) is 0 Å². The lowest BCUT2D eigenvalue weighted by molar-refractivity contribution is 0.299. The molecule has 0 saturated heterocycles. The molecule has 1 aromatic carbocycles. The lowest BCUT2D eigenvalue weighted by Crippen LogP contribution is -2.41. The number of hydrogen-bond donors (Lipinski definition) is 2. The highest BCUT2D eigenvalue weighted by Gasteiger charge is 2.32. The first-order chi connectivity index (χ1) is 7.65. The van der Waals surface area contributed by atoms with E-state index < -0.39 is 0 Å². The molecule has 16 heavy (non-hydrogen) atoms. The molecule has 1 fully saturated rings. The van der Waals surface area contributed by atoms with Crippen LogP contribution in [0.1, 0.15) is 26.2 Å². The molecule has 0 radical (unpaired) electrons. The van der Waals surface area contributed by atoms with Crippen molar-refractivity contribution in [3.8, 4) is 0 Å². The van der Waals surface area contributed by atoms with E-state index in [0.717, 1.165) is 11.1 Å². The monoisotopic (exact) mass is 217 g/mol. The zero-order valence-corrected chi connectivity index (χ0v) is 9.29. The van der Waals surface area contributed by atoms with Crippen molar-refractivity contribution >= 4 is 22.8 Å². The van der Waals surface area contributed by atoms with E-state index in [0.29, 0.717) is 11.7 Å². The van der Waals surface area contributed by atoms with Gasteiger partial charge in [0.15, 0.2) is 5.58 Å². The number of anilines is 2. The van der Waals surface area contributed by atoms with E-state index in [1.165, 1.54) is 19.3 Å². The van der Waals surface area contributed by atoms with Crippen LogP contribution in [0.3, 0.4) is 0 Å². The zero-order valence-electron chi connectivity index (χ0n) is 9.29. The third kappa shape index (κ3) is 1.50. The third-order valence-corrected chi connectivity index (χ3v) is 3.28. The number of nitrogens with one attached hydrogen (secondary N) is 1. The van der Waals surface area contributed by atoms with Gasteiger partial charge in [-0.2, -0.15) is 4.98 Å². The van der Waals surface area contributed by atoms with Gasteiger partial charge in [-0.25, -0.2) is 0 Å². The molecule has 1 saturated carbocycles. The van der Waals surface area contributed by atoms with E-state index >= 15 is 0 Å². The molecule has 0 bridgehead atoms. The molecule has 3 N–H and O–H groups in total. The summed E-state index contributed by atoms with van der Waals surface area (Å²) in [5.74, 6) is 0. The van der Waals surface area contributed by atoms with Gasteiger partial charge in [-0.3, -0.25) is 0 Å². The van der Waals surface area contributed by atoms with Crippen LogP contribution in [0.15, 0.2) is 22.6 Å². The van der Waals surface area contributed by atoms with Gasteiger partial charge >= 0.3 is 0 Å². The highest BCUT2D eigenvalue weighted by molar-refractivity contribution is 5.78. The number of rotatable bonds is 2. The van der Waals surface area contributed by atoms with Gasteiger partial charge in [0.1, 0.15) is 5.52 Å². The summed E-state index contributed by atoms with van der Waals surface area (Å²) in [4.78, 5) is 4.39. The van der Waals surface area contributed by atoms with Crippen molar-refractivity contribution in [2.45, 2.75) is 31.7 Å². The van der Waals surface area contributed by atoms with Crippen LogP contribution < -0.4 is 11.1 Å². The standard InChI is InChI=1S/C12H15N3O/c1-12(5-2-6-12)15-11-14-9-4-3-8(13)7-10(9)16-11/h3-4,7H,2,5-6,13H2,1H3,(H,14,15). The van der Waals surface area contributed by atoms with Crippen molar-refractivity contribution in [3.05, 3.63) is 18.2 Å². The number of nitrogens with two attached hydrogens (primary N) is 1. The van der Waals surface area contributed by atoms with Crippen LogP contribution >= 0.6 is 0 Å². The number of hydrogen-bond acceptors (Lipinski definition) is 4. The second kappa shape index (κ2) is 3.14. The summed E-state index contributed by atoms with van der Waals surface area (Å²) in [6.07, 6.45) is 3.62. The lowest BCUT2D eigenvalue weighted by atomic mass is 9.79. The molecule has 0 aliphatic heterocycles. The van der Waals surface area contributed by atoms with Gasteiger partial charge in [-0.1, -0.05) is 0 Å². The minimum absolute atomic E-state index is 0.159. The van der Waals surface area contributed by atoms with Gasteiger partial charge in [0.25, 0.3) is 6.01 Å². The molecule has 2 aromatic rings. The number of aromatic nitrogens is 1. The molecule has 0 unspecified atom stereocenters. The fraction of sp³-hybridized carbons (Fsp3) is 0.417. The molecule has 3 rings (SSSR count). The van der Waals surface area contributed by atoms with Crippen LogP contribution in [0.5, 0.6) is 0 Å². The Morgan fingerprint density at radius 1 is 1.44 bits per heavy atom. The Hall–Kier alpha value is -1.71. The average molecular weight is 217 g/mol. The SMILES string of the molecule is CC1(Nc2nc3ccc(N)cc3o2)CCC1. The molecular formula is C12H15N3O. The summed E-state index contributed by atoms with van der Waals surface area (Å²) in [6.45, 7) is 2.19. The average Bonchev–Trinajstić information content (AvgIpc) is 2.56. The number of fused-ring (bicyclic) bond motifs is 1. The van der Waals surface area contributed by atoms with Crippen molar-refractivity contribution in [1.29, 1.82) is 0 Å². The Morgan fingerprint density at radius 3 is 2.94 bits per heavy atom. The van der Waals surface area contributed by atoms with Crippen molar-refractivity contribution < 1.29 is 4.42 Å².